The molecule has 3 nitrogen and oxygen atoms in total. The highest BCUT2D eigenvalue weighted by molar-refractivity contribution is 5.37. The summed E-state index contributed by atoms with van der Waals surface area (Å²) in [5.41, 5.74) is 2.77. The summed E-state index contributed by atoms with van der Waals surface area (Å²) >= 11 is 0. The third kappa shape index (κ3) is 4.21. The molecule has 1 N–H and O–H groups in total. The summed E-state index contributed by atoms with van der Waals surface area (Å²) in [5, 5.41) is 3.60. The Morgan fingerprint density at radius 1 is 0.920 bits per heavy atom. The molecule has 0 unspecified atom stereocenters. The lowest BCUT2D eigenvalue weighted by molar-refractivity contribution is 0.140. The lowest BCUT2D eigenvalue weighted by Crippen LogP contribution is -2.33. The van der Waals surface area contributed by atoms with Gasteiger partial charge in [-0.3, -0.25) is 4.90 Å². The van der Waals surface area contributed by atoms with E-state index in [0.29, 0.717) is 12.1 Å². The number of nitrogens with zero attached hydrogens (tertiary/aromatic N) is 2. The monoisotopic (exact) mass is 335 g/mol. The Bertz CT molecular complexity index is 647. The van der Waals surface area contributed by atoms with Crippen molar-refractivity contribution in [2.45, 2.75) is 63.6 Å². The zero-order valence-corrected chi connectivity index (χ0v) is 15.0. The Balaban J connectivity index is 1.44. The SMILES string of the molecule is c1ccc(CN2CCCC[C@@H]2c2ccc(NC3CCCC3)nc2)cc1. The molecule has 2 aromatic rings. The third-order valence-corrected chi connectivity index (χ3v) is 5.72. The van der Waals surface area contributed by atoms with Gasteiger partial charge >= 0.3 is 0 Å². The van der Waals surface area contributed by atoms with E-state index >= 15 is 0 Å². The fourth-order valence-corrected chi connectivity index (χ4v) is 4.34. The van der Waals surface area contributed by atoms with Gasteiger partial charge in [-0.1, -0.05) is 55.7 Å². The van der Waals surface area contributed by atoms with E-state index in [1.54, 1.807) is 0 Å². The van der Waals surface area contributed by atoms with Crippen molar-refractivity contribution in [3.63, 3.8) is 0 Å². The van der Waals surface area contributed by atoms with E-state index < -0.39 is 0 Å². The van der Waals surface area contributed by atoms with Gasteiger partial charge in [-0.05, 0) is 49.4 Å². The van der Waals surface area contributed by atoms with Crippen LogP contribution < -0.4 is 5.32 Å². The van der Waals surface area contributed by atoms with Gasteiger partial charge in [-0.15, -0.1) is 0 Å². The van der Waals surface area contributed by atoms with Crippen molar-refractivity contribution in [1.29, 1.82) is 0 Å². The summed E-state index contributed by atoms with van der Waals surface area (Å²) in [7, 11) is 0. The van der Waals surface area contributed by atoms with Crippen LogP contribution in [0.25, 0.3) is 0 Å². The first-order valence-electron chi connectivity index (χ1n) is 9.89. The molecule has 132 valence electrons. The van der Waals surface area contributed by atoms with Gasteiger partial charge in [0.2, 0.25) is 0 Å². The maximum Gasteiger partial charge on any atom is 0.126 e. The number of anilines is 1. The van der Waals surface area contributed by atoms with E-state index in [4.69, 9.17) is 4.98 Å². The Morgan fingerprint density at radius 3 is 2.48 bits per heavy atom. The van der Waals surface area contributed by atoms with E-state index in [9.17, 15) is 0 Å². The second kappa shape index (κ2) is 8.01. The van der Waals surface area contributed by atoms with Crippen molar-refractivity contribution < 1.29 is 0 Å². The fourth-order valence-electron chi connectivity index (χ4n) is 4.34. The highest BCUT2D eigenvalue weighted by Crippen LogP contribution is 2.32. The Morgan fingerprint density at radius 2 is 1.72 bits per heavy atom. The second-order valence-corrected chi connectivity index (χ2v) is 7.57. The lowest BCUT2D eigenvalue weighted by atomic mass is 9.95. The molecule has 0 spiro atoms. The van der Waals surface area contributed by atoms with Crippen molar-refractivity contribution in [2.75, 3.05) is 11.9 Å². The molecule has 1 aromatic heterocycles. The molecule has 1 aliphatic carbocycles. The molecule has 2 fully saturated rings. The smallest absolute Gasteiger partial charge is 0.126 e. The van der Waals surface area contributed by atoms with Crippen molar-refractivity contribution in [3.05, 3.63) is 59.8 Å². The first-order chi connectivity index (χ1) is 12.4. The molecule has 0 radical (unpaired) electrons. The highest BCUT2D eigenvalue weighted by atomic mass is 15.2. The zero-order valence-electron chi connectivity index (χ0n) is 15.0. The molecule has 1 saturated heterocycles. The number of rotatable bonds is 5. The molecule has 0 amide bonds. The number of piperidine rings is 1. The predicted octanol–water partition coefficient (Wildman–Crippen LogP) is 5.16. The van der Waals surface area contributed by atoms with Gasteiger partial charge in [0.15, 0.2) is 0 Å². The van der Waals surface area contributed by atoms with Crippen molar-refractivity contribution >= 4 is 5.82 Å². The minimum Gasteiger partial charge on any atom is -0.367 e. The number of nitrogens with one attached hydrogen (secondary N) is 1. The Hall–Kier alpha value is -1.87. The average molecular weight is 335 g/mol. The van der Waals surface area contributed by atoms with Crippen LogP contribution in [0.5, 0.6) is 0 Å². The molecule has 4 rings (SSSR count). The van der Waals surface area contributed by atoms with Gasteiger partial charge in [0.25, 0.3) is 0 Å². The van der Waals surface area contributed by atoms with Gasteiger partial charge in [0, 0.05) is 24.8 Å². The number of likely N-dealkylation sites (tertiary alicyclic amines) is 1. The maximum atomic E-state index is 4.72. The van der Waals surface area contributed by atoms with Crippen molar-refractivity contribution in [1.82, 2.24) is 9.88 Å². The van der Waals surface area contributed by atoms with Crippen LogP contribution in [0.1, 0.15) is 62.1 Å². The standard InChI is InChI=1S/C22H29N3/c1-2-8-18(9-3-1)17-25-15-7-6-12-21(25)19-13-14-22(23-16-19)24-20-10-4-5-11-20/h1-3,8-9,13-14,16,20-21H,4-7,10-12,15,17H2,(H,23,24)/t21-/m1/s1. The van der Waals surface area contributed by atoms with Crippen LogP contribution >= 0.6 is 0 Å². The van der Waals surface area contributed by atoms with Gasteiger partial charge < -0.3 is 5.32 Å². The molecule has 3 heteroatoms. The summed E-state index contributed by atoms with van der Waals surface area (Å²) in [6, 6.07) is 16.4. The molecule has 1 aliphatic heterocycles. The fraction of sp³-hybridized carbons (Fsp3) is 0.500. The third-order valence-electron chi connectivity index (χ3n) is 5.72. The van der Waals surface area contributed by atoms with E-state index in [1.807, 2.05) is 0 Å². The van der Waals surface area contributed by atoms with E-state index in [-0.39, 0.29) is 0 Å². The highest BCUT2D eigenvalue weighted by Gasteiger charge is 2.24. The molecule has 2 aliphatic rings. The van der Waals surface area contributed by atoms with E-state index in [1.165, 1.54) is 62.6 Å². The Kier molecular flexibility index (Phi) is 5.31. The lowest BCUT2D eigenvalue weighted by Gasteiger charge is -2.36. The van der Waals surface area contributed by atoms with Crippen LogP contribution in [0.3, 0.4) is 0 Å². The van der Waals surface area contributed by atoms with Crippen LogP contribution in [0, 0.1) is 0 Å². The molecular weight excluding hydrogens is 306 g/mol. The quantitative estimate of drug-likeness (QED) is 0.817. The minimum absolute atomic E-state index is 0.502. The Labute approximate surface area is 151 Å². The summed E-state index contributed by atoms with van der Waals surface area (Å²) in [6.07, 6.45) is 11.2. The van der Waals surface area contributed by atoms with Crippen LogP contribution in [0.4, 0.5) is 5.82 Å². The van der Waals surface area contributed by atoms with Crippen LogP contribution in [0.2, 0.25) is 0 Å². The van der Waals surface area contributed by atoms with Gasteiger partial charge in [-0.25, -0.2) is 4.98 Å². The first-order valence-corrected chi connectivity index (χ1v) is 9.89. The molecule has 1 saturated carbocycles. The summed E-state index contributed by atoms with van der Waals surface area (Å²) in [6.45, 7) is 2.22. The van der Waals surface area contributed by atoms with Gasteiger partial charge in [0.05, 0.1) is 0 Å². The number of hydrogen-bond donors (Lipinski definition) is 1. The largest absolute Gasteiger partial charge is 0.367 e. The molecule has 1 atom stereocenters. The molecule has 2 heterocycles. The van der Waals surface area contributed by atoms with Crippen LogP contribution in [-0.2, 0) is 6.54 Å². The minimum atomic E-state index is 0.502. The topological polar surface area (TPSA) is 28.2 Å². The number of aromatic nitrogens is 1. The number of benzene rings is 1. The summed E-state index contributed by atoms with van der Waals surface area (Å²) < 4.78 is 0. The van der Waals surface area contributed by atoms with E-state index in [0.717, 1.165) is 12.4 Å². The molecule has 25 heavy (non-hydrogen) atoms. The van der Waals surface area contributed by atoms with Crippen molar-refractivity contribution in [3.8, 4) is 0 Å². The van der Waals surface area contributed by atoms with E-state index in [2.05, 4.69) is 58.9 Å². The molecule has 0 bridgehead atoms. The summed E-state index contributed by atoms with van der Waals surface area (Å²) in [4.78, 5) is 7.35. The van der Waals surface area contributed by atoms with Crippen LogP contribution in [0.15, 0.2) is 48.7 Å². The maximum absolute atomic E-state index is 4.72. The zero-order chi connectivity index (χ0) is 16.9. The van der Waals surface area contributed by atoms with Crippen molar-refractivity contribution in [2.24, 2.45) is 0 Å². The summed E-state index contributed by atoms with van der Waals surface area (Å²) in [5.74, 6) is 1.04. The predicted molar refractivity (Wildman–Crippen MR) is 104 cm³/mol. The number of hydrogen-bond acceptors (Lipinski definition) is 3. The van der Waals surface area contributed by atoms with Gasteiger partial charge in [-0.2, -0.15) is 0 Å². The first kappa shape index (κ1) is 16.6. The molecule has 1 aromatic carbocycles. The van der Waals surface area contributed by atoms with Gasteiger partial charge in [0.1, 0.15) is 5.82 Å². The second-order valence-electron chi connectivity index (χ2n) is 7.57. The van der Waals surface area contributed by atoms with Crippen LogP contribution in [-0.4, -0.2) is 22.5 Å². The average Bonchev–Trinajstić information content (AvgIpc) is 3.17. The normalized spacial score (nSPS) is 22.2. The molecular formula is C22H29N3. The number of pyridine rings is 1.